The van der Waals surface area contributed by atoms with Gasteiger partial charge in [0.15, 0.2) is 11.5 Å². The molecule has 0 fully saturated rings. The van der Waals surface area contributed by atoms with Crippen LogP contribution >= 0.6 is 0 Å². The first-order valence-electron chi connectivity index (χ1n) is 5.61. The Hall–Kier alpha value is -2.69. The van der Waals surface area contributed by atoms with E-state index in [4.69, 9.17) is 9.52 Å². The van der Waals surface area contributed by atoms with Crippen molar-refractivity contribution in [2.75, 3.05) is 0 Å². The molecule has 0 amide bonds. The zero-order chi connectivity index (χ0) is 13.7. The summed E-state index contributed by atoms with van der Waals surface area (Å²) in [5.41, 5.74) is 1.45. The number of aliphatic hydroxyl groups is 1. The molecule has 5 nitrogen and oxygen atoms in total. The highest BCUT2D eigenvalue weighted by atomic mass is 16.3. The van der Waals surface area contributed by atoms with Gasteiger partial charge in [-0.25, -0.2) is 0 Å². The van der Waals surface area contributed by atoms with Crippen molar-refractivity contribution in [1.29, 1.82) is 0 Å². The molecule has 1 aromatic carbocycles. The summed E-state index contributed by atoms with van der Waals surface area (Å²) in [5, 5.41) is 16.7. The molecule has 0 saturated heterocycles. The third-order valence-electron chi connectivity index (χ3n) is 2.37. The number of carbonyl (C=O) groups is 1. The van der Waals surface area contributed by atoms with Crippen LogP contribution in [0.5, 0.6) is 0 Å². The number of aryl methyl sites for hydroxylation is 1. The van der Waals surface area contributed by atoms with E-state index in [-0.39, 0.29) is 11.5 Å². The lowest BCUT2D eigenvalue weighted by atomic mass is 10.2. The topological polar surface area (TPSA) is 75.2 Å². The number of aliphatic hydroxyl groups excluding tert-OH is 1. The number of ketones is 1. The molecule has 1 aromatic heterocycles. The number of nitrogens with zero attached hydrogens (tertiary/aromatic N) is 2. The molecule has 0 atom stereocenters. The van der Waals surface area contributed by atoms with Gasteiger partial charge in [0.25, 0.3) is 5.78 Å². The molecule has 0 aliphatic rings. The second-order valence-electron chi connectivity index (χ2n) is 3.86. The number of rotatable bonds is 4. The first-order chi connectivity index (χ1) is 9.20. The van der Waals surface area contributed by atoms with Crippen LogP contribution in [0, 0.1) is 6.92 Å². The molecule has 2 rings (SSSR count). The second-order valence-corrected chi connectivity index (χ2v) is 3.86. The maximum atomic E-state index is 11.8. The summed E-state index contributed by atoms with van der Waals surface area (Å²) in [6.45, 7) is 1.93. The van der Waals surface area contributed by atoms with Crippen molar-refractivity contribution in [3.05, 3.63) is 65.9 Å². The van der Waals surface area contributed by atoms with Crippen LogP contribution in [-0.2, 0) is 0 Å². The highest BCUT2D eigenvalue weighted by Crippen LogP contribution is 2.17. The maximum Gasteiger partial charge on any atom is 0.251 e. The normalized spacial score (nSPS) is 11.9. The summed E-state index contributed by atoms with van der Waals surface area (Å²) in [5.74, 6) is -0.424. The molecule has 0 bridgehead atoms. The van der Waals surface area contributed by atoms with Crippen molar-refractivity contribution < 1.29 is 14.3 Å². The van der Waals surface area contributed by atoms with Crippen LogP contribution in [0.2, 0.25) is 0 Å². The largest absolute Gasteiger partial charge is 0.513 e. The molecular formula is C14H12N2O3. The first kappa shape index (κ1) is 12.8. The average Bonchev–Trinajstić information content (AvgIpc) is 2.93. The number of hydrogen-bond acceptors (Lipinski definition) is 5. The molecule has 5 heteroatoms. The van der Waals surface area contributed by atoms with Crippen LogP contribution in [0.25, 0.3) is 0 Å². The lowest BCUT2D eigenvalue weighted by Crippen LogP contribution is -1.99. The van der Waals surface area contributed by atoms with E-state index in [9.17, 15) is 4.79 Å². The van der Waals surface area contributed by atoms with Gasteiger partial charge in [-0.15, -0.1) is 5.11 Å². The number of furan rings is 1. The van der Waals surface area contributed by atoms with Crippen molar-refractivity contribution in [1.82, 2.24) is 0 Å². The molecule has 1 N–H and O–H groups in total. The Morgan fingerprint density at radius 2 is 2.16 bits per heavy atom. The zero-order valence-corrected chi connectivity index (χ0v) is 10.3. The zero-order valence-electron chi connectivity index (χ0n) is 10.3. The molecule has 0 spiro atoms. The molecule has 0 saturated carbocycles. The number of azo groups is 1. The SMILES string of the molecule is Cc1cccc(N=NC(=CO)C(=O)c2ccco2)c1. The lowest BCUT2D eigenvalue weighted by Gasteiger charge is -1.96. The van der Waals surface area contributed by atoms with Crippen LogP contribution in [0.4, 0.5) is 5.69 Å². The van der Waals surface area contributed by atoms with Crippen molar-refractivity contribution in [2.45, 2.75) is 6.92 Å². The minimum atomic E-state index is -0.524. The smallest absolute Gasteiger partial charge is 0.251 e. The maximum absolute atomic E-state index is 11.8. The van der Waals surface area contributed by atoms with Gasteiger partial charge in [-0.1, -0.05) is 12.1 Å². The molecule has 96 valence electrons. The van der Waals surface area contributed by atoms with Gasteiger partial charge in [0.2, 0.25) is 0 Å². The second kappa shape index (κ2) is 5.77. The molecule has 0 aliphatic carbocycles. The summed E-state index contributed by atoms with van der Waals surface area (Å²) >= 11 is 0. The van der Waals surface area contributed by atoms with Crippen molar-refractivity contribution in [3.8, 4) is 0 Å². The van der Waals surface area contributed by atoms with E-state index in [0.717, 1.165) is 5.56 Å². The van der Waals surface area contributed by atoms with Gasteiger partial charge in [-0.3, -0.25) is 4.79 Å². The lowest BCUT2D eigenvalue weighted by molar-refractivity contribution is 0.0999. The monoisotopic (exact) mass is 256 g/mol. The molecular weight excluding hydrogens is 244 g/mol. The summed E-state index contributed by atoms with van der Waals surface area (Å²) in [6.07, 6.45) is 1.99. The van der Waals surface area contributed by atoms with Crippen LogP contribution in [0.15, 0.2) is 69.3 Å². The van der Waals surface area contributed by atoms with E-state index in [1.165, 1.54) is 12.3 Å². The van der Waals surface area contributed by atoms with Gasteiger partial charge in [0, 0.05) is 0 Å². The van der Waals surface area contributed by atoms with Crippen LogP contribution < -0.4 is 0 Å². The van der Waals surface area contributed by atoms with E-state index in [1.54, 1.807) is 12.1 Å². The Morgan fingerprint density at radius 3 is 2.79 bits per heavy atom. The minimum Gasteiger partial charge on any atom is -0.513 e. The Balaban J connectivity index is 2.19. The van der Waals surface area contributed by atoms with Crippen molar-refractivity contribution in [3.63, 3.8) is 0 Å². The van der Waals surface area contributed by atoms with Crippen LogP contribution in [0.1, 0.15) is 16.1 Å². The van der Waals surface area contributed by atoms with Gasteiger partial charge < -0.3 is 9.52 Å². The highest BCUT2D eigenvalue weighted by molar-refractivity contribution is 6.06. The Morgan fingerprint density at radius 1 is 1.32 bits per heavy atom. The molecule has 2 aromatic rings. The minimum absolute atomic E-state index is 0.100. The standard InChI is InChI=1S/C14H12N2O3/c1-10-4-2-5-11(8-10)15-16-12(9-17)14(18)13-6-3-7-19-13/h2-9,17H,1H3. The van der Waals surface area contributed by atoms with Gasteiger partial charge in [0.05, 0.1) is 12.0 Å². The highest BCUT2D eigenvalue weighted by Gasteiger charge is 2.14. The van der Waals surface area contributed by atoms with Crippen molar-refractivity contribution >= 4 is 11.5 Å². The molecule has 1 heterocycles. The number of carbonyl (C=O) groups excluding carboxylic acids is 1. The fourth-order valence-electron chi connectivity index (χ4n) is 1.47. The van der Waals surface area contributed by atoms with Crippen LogP contribution in [0.3, 0.4) is 0 Å². The van der Waals surface area contributed by atoms with E-state index in [2.05, 4.69) is 10.2 Å². The number of Topliss-reactive ketones (excluding diaryl/α,β-unsaturated/α-hetero) is 1. The molecule has 19 heavy (non-hydrogen) atoms. The van der Waals surface area contributed by atoms with Crippen molar-refractivity contribution in [2.24, 2.45) is 10.2 Å². The predicted octanol–water partition coefficient (Wildman–Crippen LogP) is 3.95. The summed E-state index contributed by atoms with van der Waals surface area (Å²) in [4.78, 5) is 11.8. The molecule has 0 unspecified atom stereocenters. The van der Waals surface area contributed by atoms with Gasteiger partial charge in [-0.05, 0) is 36.8 Å². The number of benzene rings is 1. The number of allylic oxidation sites excluding steroid dienone is 1. The summed E-state index contributed by atoms with van der Waals surface area (Å²) in [7, 11) is 0. The Labute approximate surface area is 109 Å². The van der Waals surface area contributed by atoms with Gasteiger partial charge >= 0.3 is 0 Å². The average molecular weight is 256 g/mol. The van der Waals surface area contributed by atoms with E-state index >= 15 is 0 Å². The van der Waals surface area contributed by atoms with Gasteiger partial charge in [0.1, 0.15) is 6.26 Å². The molecule has 0 aliphatic heterocycles. The first-order valence-corrected chi connectivity index (χ1v) is 5.61. The van der Waals surface area contributed by atoms with Gasteiger partial charge in [-0.2, -0.15) is 5.11 Å². The fraction of sp³-hybridized carbons (Fsp3) is 0.0714. The quantitative estimate of drug-likeness (QED) is 0.389. The van der Waals surface area contributed by atoms with E-state index < -0.39 is 5.78 Å². The summed E-state index contributed by atoms with van der Waals surface area (Å²) < 4.78 is 4.95. The van der Waals surface area contributed by atoms with E-state index in [0.29, 0.717) is 11.9 Å². The molecule has 0 radical (unpaired) electrons. The predicted molar refractivity (Wildman–Crippen MR) is 69.4 cm³/mol. The van der Waals surface area contributed by atoms with E-state index in [1.807, 2.05) is 25.1 Å². The Bertz CT molecular complexity index is 628. The number of hydrogen-bond donors (Lipinski definition) is 1. The third kappa shape index (κ3) is 3.16. The van der Waals surface area contributed by atoms with Crippen LogP contribution in [-0.4, -0.2) is 10.9 Å². The third-order valence-corrected chi connectivity index (χ3v) is 2.37. The Kier molecular flexibility index (Phi) is 3.87. The summed E-state index contributed by atoms with van der Waals surface area (Å²) in [6, 6.07) is 10.4. The fourth-order valence-corrected chi connectivity index (χ4v) is 1.47.